The van der Waals surface area contributed by atoms with Gasteiger partial charge in [0.15, 0.2) is 17.3 Å². The van der Waals surface area contributed by atoms with Gasteiger partial charge in [-0.05, 0) is 55.3 Å². The molecule has 7 heteroatoms. The van der Waals surface area contributed by atoms with Gasteiger partial charge in [-0.25, -0.2) is 0 Å². The zero-order valence-electron chi connectivity index (χ0n) is 17.8. The third-order valence-corrected chi connectivity index (χ3v) is 4.49. The first-order valence-corrected chi connectivity index (χ1v) is 9.93. The number of carbonyl (C=O) groups excluding carboxylic acids is 1. The van der Waals surface area contributed by atoms with Crippen LogP contribution < -0.4 is 19.5 Å². The van der Waals surface area contributed by atoms with Crippen LogP contribution >= 0.6 is 12.4 Å². The smallest absolute Gasteiger partial charge is 0.163 e. The molecular weight excluding hydrogens is 406 g/mol. The summed E-state index contributed by atoms with van der Waals surface area (Å²) in [6.07, 6.45) is 1.45. The van der Waals surface area contributed by atoms with Crippen molar-refractivity contribution in [2.75, 3.05) is 33.9 Å². The van der Waals surface area contributed by atoms with E-state index in [4.69, 9.17) is 14.2 Å². The van der Waals surface area contributed by atoms with Crippen LogP contribution in [0.4, 0.5) is 0 Å². The van der Waals surface area contributed by atoms with Crippen molar-refractivity contribution >= 4 is 18.2 Å². The van der Waals surface area contributed by atoms with Gasteiger partial charge in [0.25, 0.3) is 0 Å². The van der Waals surface area contributed by atoms with Crippen molar-refractivity contribution in [3.05, 3.63) is 53.6 Å². The molecule has 0 aliphatic carbocycles. The standard InChI is InChI=1S/C23H31NO5.ClH/c1-4-12-24-15-19(25)16-29-20-7-5-6-17(13-20)8-10-21(26)18-9-11-22(27-2)23(14-18)28-3;/h5-7,9,11,13-14,19,24-25H,4,8,10,12,15-16H2,1-3H3;1H. The molecule has 166 valence electrons. The molecule has 30 heavy (non-hydrogen) atoms. The van der Waals surface area contributed by atoms with E-state index < -0.39 is 6.10 Å². The summed E-state index contributed by atoms with van der Waals surface area (Å²) < 4.78 is 16.2. The van der Waals surface area contributed by atoms with Gasteiger partial charge in [0.1, 0.15) is 18.5 Å². The Balaban J connectivity index is 0.00000450. The summed E-state index contributed by atoms with van der Waals surface area (Å²) in [5.41, 5.74) is 1.60. The zero-order valence-corrected chi connectivity index (χ0v) is 18.7. The first-order chi connectivity index (χ1) is 14.1. The molecule has 0 spiro atoms. The molecule has 0 heterocycles. The molecule has 0 radical (unpaired) electrons. The van der Waals surface area contributed by atoms with Gasteiger partial charge in [-0.1, -0.05) is 19.1 Å². The second kappa shape index (κ2) is 13.9. The van der Waals surface area contributed by atoms with Gasteiger partial charge in [0, 0.05) is 18.5 Å². The van der Waals surface area contributed by atoms with Crippen molar-refractivity contribution in [1.29, 1.82) is 0 Å². The fourth-order valence-electron chi connectivity index (χ4n) is 2.90. The number of aliphatic hydroxyl groups excluding tert-OH is 1. The molecule has 0 saturated heterocycles. The van der Waals surface area contributed by atoms with Gasteiger partial charge >= 0.3 is 0 Å². The molecule has 2 aromatic rings. The zero-order chi connectivity index (χ0) is 21.1. The molecule has 2 N–H and O–H groups in total. The number of aliphatic hydroxyl groups is 1. The number of rotatable bonds is 13. The van der Waals surface area contributed by atoms with Crippen molar-refractivity contribution in [3.63, 3.8) is 0 Å². The summed E-state index contributed by atoms with van der Waals surface area (Å²) in [7, 11) is 3.11. The minimum atomic E-state index is -0.558. The highest BCUT2D eigenvalue weighted by Gasteiger charge is 2.11. The number of halogens is 1. The van der Waals surface area contributed by atoms with Crippen molar-refractivity contribution < 1.29 is 24.1 Å². The summed E-state index contributed by atoms with van der Waals surface area (Å²) in [5.74, 6) is 1.87. The van der Waals surface area contributed by atoms with Crippen LogP contribution in [-0.2, 0) is 6.42 Å². The second-order valence-corrected chi connectivity index (χ2v) is 6.81. The third kappa shape index (κ3) is 8.22. The summed E-state index contributed by atoms with van der Waals surface area (Å²) in [6.45, 7) is 3.69. The molecule has 0 aliphatic heterocycles. The van der Waals surface area contributed by atoms with Gasteiger partial charge in [-0.3, -0.25) is 4.79 Å². The van der Waals surface area contributed by atoms with Crippen LogP contribution in [0.2, 0.25) is 0 Å². The second-order valence-electron chi connectivity index (χ2n) is 6.81. The molecular formula is C23H32ClNO5. The van der Waals surface area contributed by atoms with E-state index in [1.54, 1.807) is 32.4 Å². The first kappa shape index (κ1) is 25.8. The van der Waals surface area contributed by atoms with Crippen LogP contribution in [0.25, 0.3) is 0 Å². The molecule has 6 nitrogen and oxygen atoms in total. The number of benzene rings is 2. The maximum Gasteiger partial charge on any atom is 0.163 e. The van der Waals surface area contributed by atoms with E-state index in [1.165, 1.54) is 0 Å². The number of methoxy groups -OCH3 is 2. The Morgan fingerprint density at radius 1 is 1.10 bits per heavy atom. The van der Waals surface area contributed by atoms with Crippen LogP contribution in [0.5, 0.6) is 17.2 Å². The number of ketones is 1. The van der Waals surface area contributed by atoms with Crippen LogP contribution in [0.15, 0.2) is 42.5 Å². The van der Waals surface area contributed by atoms with Crippen LogP contribution in [0.3, 0.4) is 0 Å². The van der Waals surface area contributed by atoms with E-state index in [2.05, 4.69) is 12.2 Å². The van der Waals surface area contributed by atoms with E-state index >= 15 is 0 Å². The number of ether oxygens (including phenoxy) is 3. The van der Waals surface area contributed by atoms with Gasteiger partial charge in [-0.2, -0.15) is 0 Å². The Hall–Kier alpha value is -2.28. The Kier molecular flexibility index (Phi) is 11.9. The van der Waals surface area contributed by atoms with Crippen LogP contribution in [0.1, 0.15) is 35.7 Å². The van der Waals surface area contributed by atoms with Crippen molar-refractivity contribution in [3.8, 4) is 17.2 Å². The summed E-state index contributed by atoms with van der Waals surface area (Å²) in [4.78, 5) is 12.5. The number of hydrogen-bond acceptors (Lipinski definition) is 6. The van der Waals surface area contributed by atoms with Crippen molar-refractivity contribution in [2.24, 2.45) is 0 Å². The van der Waals surface area contributed by atoms with E-state index in [-0.39, 0.29) is 24.8 Å². The summed E-state index contributed by atoms with van der Waals surface area (Å²) in [6, 6.07) is 12.8. The third-order valence-electron chi connectivity index (χ3n) is 4.49. The van der Waals surface area contributed by atoms with Gasteiger partial charge in [0.2, 0.25) is 0 Å². The average Bonchev–Trinajstić information content (AvgIpc) is 2.76. The fourth-order valence-corrected chi connectivity index (χ4v) is 2.90. The molecule has 0 fully saturated rings. The molecule has 1 atom stereocenters. The number of hydrogen-bond donors (Lipinski definition) is 2. The largest absolute Gasteiger partial charge is 0.493 e. The molecule has 0 amide bonds. The van der Waals surface area contributed by atoms with Gasteiger partial charge in [-0.15, -0.1) is 12.4 Å². The lowest BCUT2D eigenvalue weighted by Crippen LogP contribution is -2.31. The normalized spacial score (nSPS) is 11.3. The van der Waals surface area contributed by atoms with E-state index in [1.807, 2.05) is 24.3 Å². The van der Waals surface area contributed by atoms with E-state index in [0.717, 1.165) is 18.5 Å². The highest BCUT2D eigenvalue weighted by atomic mass is 35.5. The van der Waals surface area contributed by atoms with E-state index in [9.17, 15) is 9.90 Å². The summed E-state index contributed by atoms with van der Waals surface area (Å²) >= 11 is 0. The lowest BCUT2D eigenvalue weighted by atomic mass is 10.0. The fraction of sp³-hybridized carbons (Fsp3) is 0.435. The predicted molar refractivity (Wildman–Crippen MR) is 121 cm³/mol. The lowest BCUT2D eigenvalue weighted by Gasteiger charge is -2.13. The Morgan fingerprint density at radius 3 is 2.57 bits per heavy atom. The van der Waals surface area contributed by atoms with Crippen molar-refractivity contribution in [2.45, 2.75) is 32.3 Å². The van der Waals surface area contributed by atoms with Crippen molar-refractivity contribution in [1.82, 2.24) is 5.32 Å². The molecule has 0 saturated carbocycles. The van der Waals surface area contributed by atoms with Gasteiger partial charge < -0.3 is 24.6 Å². The monoisotopic (exact) mass is 437 g/mol. The predicted octanol–water partition coefficient (Wildman–Crippen LogP) is 3.68. The molecule has 2 aromatic carbocycles. The SMILES string of the molecule is CCCNCC(O)COc1cccc(CCC(=O)c2ccc(OC)c(OC)c2)c1.Cl. The van der Waals surface area contributed by atoms with Gasteiger partial charge in [0.05, 0.1) is 14.2 Å². The topological polar surface area (TPSA) is 77.0 Å². The molecule has 0 aliphatic rings. The number of carbonyl (C=O) groups is 1. The maximum atomic E-state index is 12.5. The number of nitrogens with one attached hydrogen (secondary N) is 1. The molecule has 0 bridgehead atoms. The highest BCUT2D eigenvalue weighted by molar-refractivity contribution is 5.96. The van der Waals surface area contributed by atoms with Crippen LogP contribution in [0, 0.1) is 0 Å². The molecule has 1 unspecified atom stereocenters. The summed E-state index contributed by atoms with van der Waals surface area (Å²) in [5, 5.41) is 13.1. The highest BCUT2D eigenvalue weighted by Crippen LogP contribution is 2.28. The Bertz CT molecular complexity index is 784. The minimum Gasteiger partial charge on any atom is -0.493 e. The van der Waals surface area contributed by atoms with E-state index in [0.29, 0.717) is 42.2 Å². The maximum absolute atomic E-state index is 12.5. The molecule has 2 rings (SSSR count). The minimum absolute atomic E-state index is 0. The Morgan fingerprint density at radius 2 is 1.87 bits per heavy atom. The first-order valence-electron chi connectivity index (χ1n) is 9.93. The average molecular weight is 438 g/mol. The van der Waals surface area contributed by atoms with Crippen LogP contribution in [-0.4, -0.2) is 50.9 Å². The number of Topliss-reactive ketones (excluding diaryl/α,β-unsaturated/α-hetero) is 1. The lowest BCUT2D eigenvalue weighted by molar-refractivity contribution is 0.0982. The quantitative estimate of drug-likeness (QED) is 0.367. The molecule has 0 aromatic heterocycles. The number of aryl methyl sites for hydroxylation is 1. The Labute approximate surface area is 185 Å².